The molecular formula is C25H18F5N5O2. The molecule has 0 saturated carbocycles. The van der Waals surface area contributed by atoms with Crippen molar-refractivity contribution >= 4 is 23.7 Å². The van der Waals surface area contributed by atoms with Crippen LogP contribution in [0.3, 0.4) is 0 Å². The average molecular weight is 515 g/mol. The Balaban J connectivity index is 1.77. The van der Waals surface area contributed by atoms with Crippen LogP contribution in [0, 0.1) is 11.6 Å². The molecule has 190 valence electrons. The number of carbonyl (C=O) groups is 1. The molecule has 0 atom stereocenters. The number of ether oxygens (including phenoxy) is 1. The first-order valence-corrected chi connectivity index (χ1v) is 10.8. The van der Waals surface area contributed by atoms with Gasteiger partial charge in [0.25, 0.3) is 0 Å². The normalized spacial score (nSPS) is 11.6. The summed E-state index contributed by atoms with van der Waals surface area (Å²) in [6.45, 7) is 1.90. The first-order valence-electron chi connectivity index (χ1n) is 10.8. The van der Waals surface area contributed by atoms with Crippen molar-refractivity contribution in [2.45, 2.75) is 13.1 Å². The van der Waals surface area contributed by atoms with E-state index in [0.29, 0.717) is 22.8 Å². The smallest absolute Gasteiger partial charge is 0.435 e. The number of alkyl halides is 3. The van der Waals surface area contributed by atoms with Gasteiger partial charge >= 0.3 is 12.1 Å². The molecule has 12 heteroatoms. The van der Waals surface area contributed by atoms with Crippen molar-refractivity contribution < 1.29 is 31.5 Å². The molecule has 0 amide bonds. The molecular weight excluding hydrogens is 497 g/mol. The Bertz CT molecular complexity index is 1450. The number of rotatable bonds is 7. The number of benzene rings is 2. The Morgan fingerprint density at radius 1 is 1.11 bits per heavy atom. The minimum atomic E-state index is -4.68. The van der Waals surface area contributed by atoms with Crippen LogP contribution in [0.1, 0.15) is 18.2 Å². The zero-order valence-electron chi connectivity index (χ0n) is 19.1. The molecule has 1 N–H and O–H groups in total. The van der Waals surface area contributed by atoms with Gasteiger partial charge in [-0.05, 0) is 48.4 Å². The van der Waals surface area contributed by atoms with Gasteiger partial charge in [-0.25, -0.2) is 23.2 Å². The van der Waals surface area contributed by atoms with Crippen molar-refractivity contribution in [2.75, 3.05) is 11.9 Å². The van der Waals surface area contributed by atoms with E-state index in [1.54, 1.807) is 31.2 Å². The number of carbonyl (C=O) groups excluding carboxylic acids is 1. The number of esters is 1. The molecule has 0 fully saturated rings. The Labute approximate surface area is 207 Å². The van der Waals surface area contributed by atoms with Crippen LogP contribution in [-0.4, -0.2) is 32.3 Å². The Kier molecular flexibility index (Phi) is 7.27. The van der Waals surface area contributed by atoms with Crippen LogP contribution in [-0.2, 0) is 15.7 Å². The van der Waals surface area contributed by atoms with Crippen LogP contribution in [0.5, 0.6) is 0 Å². The quantitative estimate of drug-likeness (QED) is 0.186. The minimum Gasteiger partial charge on any atom is -0.463 e. The number of anilines is 2. The Morgan fingerprint density at radius 3 is 2.54 bits per heavy atom. The number of nitrogens with one attached hydrogen (secondary N) is 1. The van der Waals surface area contributed by atoms with Crippen molar-refractivity contribution in [3.8, 4) is 16.9 Å². The van der Waals surface area contributed by atoms with Crippen molar-refractivity contribution in [1.29, 1.82) is 0 Å². The molecule has 0 aliphatic carbocycles. The van der Waals surface area contributed by atoms with Crippen molar-refractivity contribution in [2.24, 2.45) is 0 Å². The highest BCUT2D eigenvalue weighted by Gasteiger charge is 2.34. The van der Waals surface area contributed by atoms with Crippen LogP contribution in [0.15, 0.2) is 67.0 Å². The molecule has 2 heterocycles. The lowest BCUT2D eigenvalue weighted by molar-refractivity contribution is -0.141. The number of halogens is 5. The number of aromatic nitrogens is 4. The minimum absolute atomic E-state index is 0.00116. The zero-order chi connectivity index (χ0) is 26.6. The summed E-state index contributed by atoms with van der Waals surface area (Å²) >= 11 is 0. The average Bonchev–Trinajstić information content (AvgIpc) is 3.34. The molecule has 0 radical (unpaired) electrons. The number of hydrogen-bond acceptors (Lipinski definition) is 6. The monoisotopic (exact) mass is 515 g/mol. The van der Waals surface area contributed by atoms with E-state index in [2.05, 4.69) is 20.4 Å². The van der Waals surface area contributed by atoms with E-state index < -0.39 is 29.5 Å². The lowest BCUT2D eigenvalue weighted by atomic mass is 10.0. The van der Waals surface area contributed by atoms with E-state index in [1.807, 2.05) is 0 Å². The molecule has 0 spiro atoms. The fourth-order valence-corrected chi connectivity index (χ4v) is 3.32. The number of hydrogen-bond donors (Lipinski definition) is 1. The molecule has 0 saturated heterocycles. The molecule has 0 aliphatic rings. The van der Waals surface area contributed by atoms with Gasteiger partial charge in [-0.2, -0.15) is 23.3 Å². The molecule has 37 heavy (non-hydrogen) atoms. The predicted molar refractivity (Wildman–Crippen MR) is 125 cm³/mol. The predicted octanol–water partition coefficient (Wildman–Crippen LogP) is 5.95. The first-order chi connectivity index (χ1) is 17.6. The van der Waals surface area contributed by atoms with E-state index in [1.165, 1.54) is 18.3 Å². The molecule has 0 aliphatic heterocycles. The third-order valence-electron chi connectivity index (χ3n) is 4.88. The summed E-state index contributed by atoms with van der Waals surface area (Å²) in [7, 11) is 0. The second-order valence-corrected chi connectivity index (χ2v) is 7.57. The van der Waals surface area contributed by atoms with E-state index >= 15 is 0 Å². The van der Waals surface area contributed by atoms with Crippen molar-refractivity contribution in [3.63, 3.8) is 0 Å². The summed E-state index contributed by atoms with van der Waals surface area (Å²) in [5, 5.41) is 6.23. The van der Waals surface area contributed by atoms with Crippen LogP contribution in [0.4, 0.5) is 33.6 Å². The molecule has 7 nitrogen and oxygen atoms in total. The van der Waals surface area contributed by atoms with Crippen LogP contribution in [0.2, 0.25) is 0 Å². The van der Waals surface area contributed by atoms with Gasteiger partial charge in [0.05, 0.1) is 6.61 Å². The first kappa shape index (κ1) is 25.5. The SMILES string of the molecule is CCOC(=O)C=Cc1cccc(-c2cnc(Nc3cc(F)cc(F)c3)nc2-n2ccc(C(F)(F)F)n2)c1. The Morgan fingerprint density at radius 2 is 1.86 bits per heavy atom. The van der Waals surface area contributed by atoms with Gasteiger partial charge in [-0.15, -0.1) is 0 Å². The summed E-state index contributed by atoms with van der Waals surface area (Å²) in [5.74, 6) is -2.37. The summed E-state index contributed by atoms with van der Waals surface area (Å²) < 4.78 is 72.6. The van der Waals surface area contributed by atoms with Crippen LogP contribution >= 0.6 is 0 Å². The standard InChI is InChI=1S/C25H18F5N5O2/c1-2-37-22(36)7-6-15-4-3-5-16(10-15)20-14-31-24(32-19-12-17(26)11-18(27)13-19)33-23(20)35-9-8-21(34-35)25(28,29)30/h3-14H,2H2,1H3,(H,31,32,33). The highest BCUT2D eigenvalue weighted by atomic mass is 19.4. The third-order valence-corrected chi connectivity index (χ3v) is 4.88. The van der Waals surface area contributed by atoms with Gasteiger partial charge < -0.3 is 10.1 Å². The maximum atomic E-state index is 13.6. The van der Waals surface area contributed by atoms with Crippen LogP contribution in [0.25, 0.3) is 23.0 Å². The molecule has 0 bridgehead atoms. The summed E-state index contributed by atoms with van der Waals surface area (Å²) in [6, 6.07) is 10.2. The zero-order valence-corrected chi connectivity index (χ0v) is 19.1. The fourth-order valence-electron chi connectivity index (χ4n) is 3.32. The molecule has 4 aromatic rings. The van der Waals surface area contributed by atoms with Crippen molar-refractivity contribution in [1.82, 2.24) is 19.7 Å². The summed E-state index contributed by atoms with van der Waals surface area (Å²) in [6.07, 6.45) is 0.505. The van der Waals surface area contributed by atoms with Gasteiger partial charge in [0.15, 0.2) is 11.5 Å². The van der Waals surface area contributed by atoms with Gasteiger partial charge in [-0.3, -0.25) is 0 Å². The highest BCUT2D eigenvalue weighted by Crippen LogP contribution is 2.31. The molecule has 2 aromatic carbocycles. The summed E-state index contributed by atoms with van der Waals surface area (Å²) in [4.78, 5) is 20.1. The van der Waals surface area contributed by atoms with E-state index in [4.69, 9.17) is 4.74 Å². The topological polar surface area (TPSA) is 81.9 Å². The summed E-state index contributed by atoms with van der Waals surface area (Å²) in [5.41, 5.74) is 0.279. The van der Waals surface area contributed by atoms with Gasteiger partial charge in [0.1, 0.15) is 11.6 Å². The Hall–Kier alpha value is -4.61. The van der Waals surface area contributed by atoms with E-state index in [0.717, 1.165) is 29.1 Å². The highest BCUT2D eigenvalue weighted by molar-refractivity contribution is 5.87. The number of nitrogens with zero attached hydrogens (tertiary/aromatic N) is 4. The van der Waals surface area contributed by atoms with Crippen LogP contribution < -0.4 is 5.32 Å². The lowest BCUT2D eigenvalue weighted by Crippen LogP contribution is -2.10. The van der Waals surface area contributed by atoms with E-state index in [-0.39, 0.29) is 24.1 Å². The fraction of sp³-hybridized carbons (Fsp3) is 0.120. The molecule has 2 aromatic heterocycles. The second-order valence-electron chi connectivity index (χ2n) is 7.57. The third kappa shape index (κ3) is 6.34. The molecule has 4 rings (SSSR count). The second kappa shape index (κ2) is 10.6. The maximum Gasteiger partial charge on any atom is 0.435 e. The lowest BCUT2D eigenvalue weighted by Gasteiger charge is -2.12. The molecule has 0 unspecified atom stereocenters. The van der Waals surface area contributed by atoms with Crippen molar-refractivity contribution in [3.05, 3.63) is 89.9 Å². The maximum absolute atomic E-state index is 13.6. The van der Waals surface area contributed by atoms with Gasteiger partial charge in [0.2, 0.25) is 5.95 Å². The largest absolute Gasteiger partial charge is 0.463 e. The van der Waals surface area contributed by atoms with Gasteiger partial charge in [-0.1, -0.05) is 18.2 Å². The van der Waals surface area contributed by atoms with E-state index in [9.17, 15) is 26.7 Å². The van der Waals surface area contributed by atoms with Gasteiger partial charge in [0, 0.05) is 35.8 Å².